The Kier molecular flexibility index (Phi) is 4.82. The fourth-order valence-electron chi connectivity index (χ4n) is 5.15. The van der Waals surface area contributed by atoms with Crippen LogP contribution in [0.15, 0.2) is 79.0 Å². The summed E-state index contributed by atoms with van der Waals surface area (Å²) in [5, 5.41) is 10.8. The van der Waals surface area contributed by atoms with Gasteiger partial charge in [-0.05, 0) is 54.3 Å². The maximum atomic E-state index is 10.8. The van der Waals surface area contributed by atoms with Gasteiger partial charge in [-0.3, -0.25) is 4.98 Å². The summed E-state index contributed by atoms with van der Waals surface area (Å²) in [5.41, 5.74) is 8.15. The van der Waals surface area contributed by atoms with Crippen molar-refractivity contribution >= 4 is 0 Å². The third kappa shape index (κ3) is 3.04. The molecule has 0 saturated carbocycles. The zero-order valence-corrected chi connectivity index (χ0v) is 18.0. The number of phenols is 1. The van der Waals surface area contributed by atoms with Gasteiger partial charge < -0.3 is 5.11 Å². The van der Waals surface area contributed by atoms with Crippen molar-refractivity contribution in [3.8, 4) is 39.5 Å². The van der Waals surface area contributed by atoms with Crippen LogP contribution in [0.4, 0.5) is 0 Å². The lowest BCUT2D eigenvalue weighted by atomic mass is 9.73. The van der Waals surface area contributed by atoms with Crippen LogP contribution < -0.4 is 0 Å². The Morgan fingerprint density at radius 1 is 0.806 bits per heavy atom. The van der Waals surface area contributed by atoms with Crippen LogP contribution in [0.5, 0.6) is 5.75 Å². The third-order valence-corrected chi connectivity index (χ3v) is 6.60. The molecule has 31 heavy (non-hydrogen) atoms. The Morgan fingerprint density at radius 3 is 2.35 bits per heavy atom. The van der Waals surface area contributed by atoms with Gasteiger partial charge in [-0.1, -0.05) is 62.7 Å². The van der Waals surface area contributed by atoms with E-state index in [1.165, 1.54) is 11.1 Å². The minimum absolute atomic E-state index is 0.0838. The first-order chi connectivity index (χ1) is 15.2. The predicted octanol–water partition coefficient (Wildman–Crippen LogP) is 6.99. The summed E-state index contributed by atoms with van der Waals surface area (Å²) in [4.78, 5) is 9.59. The van der Waals surface area contributed by atoms with Crippen molar-refractivity contribution in [1.29, 1.82) is 0 Å². The van der Waals surface area contributed by atoms with E-state index in [1.54, 1.807) is 6.07 Å². The fourth-order valence-corrected chi connectivity index (χ4v) is 5.15. The van der Waals surface area contributed by atoms with Crippen molar-refractivity contribution in [3.05, 3.63) is 90.1 Å². The monoisotopic (exact) mass is 406 g/mol. The number of hydrogen-bond donors (Lipinski definition) is 1. The second kappa shape index (κ2) is 7.66. The van der Waals surface area contributed by atoms with Gasteiger partial charge in [-0.15, -0.1) is 0 Å². The first-order valence-corrected chi connectivity index (χ1v) is 11.0. The van der Waals surface area contributed by atoms with E-state index in [2.05, 4.69) is 55.2 Å². The van der Waals surface area contributed by atoms with E-state index < -0.39 is 0 Å². The molecule has 0 fully saturated rings. The van der Waals surface area contributed by atoms with E-state index in [0.717, 1.165) is 53.0 Å². The standard InChI is InChI=1S/C28H26N2O/c1-3-16-28(4-2)21-11-8-13-25(31)26(21)27-22(28)14-15-24(30-27)20-10-7-9-19(18-20)23-12-5-6-17-29-23/h5-15,17-18,31H,3-4,16H2,1-2H3. The molecule has 0 aliphatic heterocycles. The summed E-state index contributed by atoms with van der Waals surface area (Å²) >= 11 is 0. The van der Waals surface area contributed by atoms with Crippen molar-refractivity contribution < 1.29 is 5.11 Å². The Morgan fingerprint density at radius 2 is 1.61 bits per heavy atom. The van der Waals surface area contributed by atoms with Crippen LogP contribution in [-0.4, -0.2) is 15.1 Å². The zero-order valence-electron chi connectivity index (χ0n) is 18.0. The molecule has 1 atom stereocenters. The molecule has 0 bridgehead atoms. The predicted molar refractivity (Wildman–Crippen MR) is 126 cm³/mol. The molecule has 3 heteroatoms. The molecule has 5 rings (SSSR count). The Balaban J connectivity index is 1.67. The largest absolute Gasteiger partial charge is 0.507 e. The van der Waals surface area contributed by atoms with E-state index >= 15 is 0 Å². The van der Waals surface area contributed by atoms with Crippen LogP contribution in [0.1, 0.15) is 44.2 Å². The van der Waals surface area contributed by atoms with Gasteiger partial charge in [0.15, 0.2) is 0 Å². The van der Waals surface area contributed by atoms with Crippen LogP contribution in [0.2, 0.25) is 0 Å². The lowest BCUT2D eigenvalue weighted by Gasteiger charge is -2.30. The highest BCUT2D eigenvalue weighted by Crippen LogP contribution is 2.55. The van der Waals surface area contributed by atoms with Crippen molar-refractivity contribution in [3.63, 3.8) is 0 Å². The maximum Gasteiger partial charge on any atom is 0.125 e. The number of rotatable bonds is 5. The molecule has 4 aromatic rings. The molecular weight excluding hydrogens is 380 g/mol. The number of benzene rings is 2. The molecule has 0 amide bonds. The van der Waals surface area contributed by atoms with Crippen molar-refractivity contribution in [2.75, 3.05) is 0 Å². The van der Waals surface area contributed by atoms with Crippen LogP contribution in [0, 0.1) is 0 Å². The summed E-state index contributed by atoms with van der Waals surface area (Å²) in [7, 11) is 0. The van der Waals surface area contributed by atoms with Crippen LogP contribution in [-0.2, 0) is 5.41 Å². The van der Waals surface area contributed by atoms with Gasteiger partial charge in [0.25, 0.3) is 0 Å². The lowest BCUT2D eigenvalue weighted by molar-refractivity contribution is 0.454. The van der Waals surface area contributed by atoms with Gasteiger partial charge in [0, 0.05) is 28.3 Å². The summed E-state index contributed by atoms with van der Waals surface area (Å²) in [6.45, 7) is 4.46. The molecular formula is C28H26N2O. The minimum Gasteiger partial charge on any atom is -0.507 e. The molecule has 3 nitrogen and oxygen atoms in total. The number of aromatic nitrogens is 2. The quantitative estimate of drug-likeness (QED) is 0.388. The Labute approximate surface area is 183 Å². The molecule has 154 valence electrons. The molecule has 0 spiro atoms. The summed E-state index contributed by atoms with van der Waals surface area (Å²) in [6.07, 6.45) is 4.92. The number of fused-ring (bicyclic) bond motifs is 3. The molecule has 0 saturated heterocycles. The van der Waals surface area contributed by atoms with Crippen molar-refractivity contribution in [2.45, 2.75) is 38.5 Å². The second-order valence-electron chi connectivity index (χ2n) is 8.27. The molecule has 1 unspecified atom stereocenters. The molecule has 2 aromatic carbocycles. The normalized spacial score (nSPS) is 16.7. The summed E-state index contributed by atoms with van der Waals surface area (Å²) < 4.78 is 0. The van der Waals surface area contributed by atoms with E-state index in [-0.39, 0.29) is 5.41 Å². The minimum atomic E-state index is -0.0838. The van der Waals surface area contributed by atoms with Crippen molar-refractivity contribution in [1.82, 2.24) is 9.97 Å². The van der Waals surface area contributed by atoms with Crippen LogP contribution in [0.3, 0.4) is 0 Å². The molecule has 1 N–H and O–H groups in total. The maximum absolute atomic E-state index is 10.8. The van der Waals surface area contributed by atoms with Gasteiger partial charge in [0.05, 0.1) is 17.1 Å². The van der Waals surface area contributed by atoms with Gasteiger partial charge in [0.1, 0.15) is 5.75 Å². The topological polar surface area (TPSA) is 46.0 Å². The molecule has 2 heterocycles. The Bertz CT molecular complexity index is 1250. The highest BCUT2D eigenvalue weighted by atomic mass is 16.3. The molecule has 0 radical (unpaired) electrons. The SMILES string of the molecule is CCCC1(CC)c2ccc(-c3cccc(-c4ccccn4)c3)nc2-c2c(O)cccc21. The number of phenolic OH excluding ortho intramolecular Hbond substituents is 1. The number of pyridine rings is 2. The van der Waals surface area contributed by atoms with E-state index in [0.29, 0.717) is 5.75 Å². The molecule has 2 aromatic heterocycles. The Hall–Kier alpha value is -3.46. The third-order valence-electron chi connectivity index (χ3n) is 6.60. The highest BCUT2D eigenvalue weighted by Gasteiger charge is 2.43. The molecule has 1 aliphatic rings. The fraction of sp³-hybridized carbons (Fsp3) is 0.214. The first kappa shape index (κ1) is 19.5. The first-order valence-electron chi connectivity index (χ1n) is 11.0. The van der Waals surface area contributed by atoms with Crippen molar-refractivity contribution in [2.24, 2.45) is 0 Å². The highest BCUT2D eigenvalue weighted by molar-refractivity contribution is 5.84. The summed E-state index contributed by atoms with van der Waals surface area (Å²) in [5.74, 6) is 0.317. The summed E-state index contributed by atoms with van der Waals surface area (Å²) in [6, 6.07) is 24.5. The molecule has 1 aliphatic carbocycles. The average Bonchev–Trinajstić information content (AvgIpc) is 3.10. The second-order valence-corrected chi connectivity index (χ2v) is 8.27. The lowest BCUT2D eigenvalue weighted by Crippen LogP contribution is -2.24. The zero-order chi connectivity index (χ0) is 21.4. The number of hydrogen-bond acceptors (Lipinski definition) is 3. The van der Waals surface area contributed by atoms with E-state index in [1.807, 2.05) is 36.5 Å². The van der Waals surface area contributed by atoms with Gasteiger partial charge in [-0.25, -0.2) is 4.98 Å². The average molecular weight is 407 g/mol. The van der Waals surface area contributed by atoms with Gasteiger partial charge in [0.2, 0.25) is 0 Å². The number of nitrogens with zero attached hydrogens (tertiary/aromatic N) is 2. The number of aromatic hydroxyl groups is 1. The van der Waals surface area contributed by atoms with Crippen LogP contribution >= 0.6 is 0 Å². The van der Waals surface area contributed by atoms with Gasteiger partial charge >= 0.3 is 0 Å². The van der Waals surface area contributed by atoms with E-state index in [4.69, 9.17) is 4.98 Å². The van der Waals surface area contributed by atoms with Crippen LogP contribution in [0.25, 0.3) is 33.8 Å². The smallest absolute Gasteiger partial charge is 0.125 e. The van der Waals surface area contributed by atoms with E-state index in [9.17, 15) is 5.11 Å². The van der Waals surface area contributed by atoms with Gasteiger partial charge in [-0.2, -0.15) is 0 Å².